The minimum absolute atomic E-state index is 0.306. The number of carboxylic acid groups (broad SMARTS) is 1. The van der Waals surface area contributed by atoms with Crippen LogP contribution in [0.2, 0.25) is 0 Å². The van der Waals surface area contributed by atoms with E-state index < -0.39 is 5.97 Å². The van der Waals surface area contributed by atoms with Gasteiger partial charge in [0.1, 0.15) is 5.56 Å². The van der Waals surface area contributed by atoms with Gasteiger partial charge in [0.05, 0.1) is 11.4 Å². The molecule has 1 aromatic rings. The molecule has 0 aliphatic heterocycles. The van der Waals surface area contributed by atoms with Gasteiger partial charge in [0.2, 0.25) is 0 Å². The first-order chi connectivity index (χ1) is 9.28. The number of anilines is 1. The standard InChI is InChI=1S/C16H24N2O2/c1-10-9-13(14(15(19)20)11(2)17-10)18-12-5-7-16(3,4)8-6-12/h9,12H,5-8H2,1-4H3,(H,17,18)(H,19,20). The summed E-state index contributed by atoms with van der Waals surface area (Å²) in [7, 11) is 0. The molecule has 0 atom stereocenters. The molecular formula is C16H24N2O2. The molecule has 20 heavy (non-hydrogen) atoms. The molecule has 1 fully saturated rings. The molecule has 2 rings (SSSR count). The number of aryl methyl sites for hydroxylation is 2. The van der Waals surface area contributed by atoms with Crippen LogP contribution in [0.15, 0.2) is 6.07 Å². The second-order valence-corrected chi connectivity index (χ2v) is 6.66. The molecule has 0 amide bonds. The second-order valence-electron chi connectivity index (χ2n) is 6.66. The van der Waals surface area contributed by atoms with E-state index in [2.05, 4.69) is 24.1 Å². The first kappa shape index (κ1) is 14.8. The van der Waals surface area contributed by atoms with Crippen LogP contribution in [0, 0.1) is 19.3 Å². The Kier molecular flexibility index (Phi) is 4.02. The third-order valence-corrected chi connectivity index (χ3v) is 4.24. The number of rotatable bonds is 3. The fourth-order valence-corrected chi connectivity index (χ4v) is 2.98. The molecule has 4 heteroatoms. The Labute approximate surface area is 120 Å². The zero-order valence-corrected chi connectivity index (χ0v) is 12.8. The van der Waals surface area contributed by atoms with E-state index in [1.165, 1.54) is 12.8 Å². The van der Waals surface area contributed by atoms with E-state index in [0.29, 0.717) is 28.4 Å². The van der Waals surface area contributed by atoms with E-state index >= 15 is 0 Å². The van der Waals surface area contributed by atoms with Gasteiger partial charge in [0.25, 0.3) is 0 Å². The number of nitrogens with one attached hydrogen (secondary N) is 1. The van der Waals surface area contributed by atoms with Crippen molar-refractivity contribution in [3.63, 3.8) is 0 Å². The van der Waals surface area contributed by atoms with Crippen molar-refractivity contribution in [1.82, 2.24) is 4.98 Å². The van der Waals surface area contributed by atoms with Crippen LogP contribution in [0.5, 0.6) is 0 Å². The van der Waals surface area contributed by atoms with Crippen LogP contribution in [0.3, 0.4) is 0 Å². The highest BCUT2D eigenvalue weighted by atomic mass is 16.4. The van der Waals surface area contributed by atoms with Crippen molar-refractivity contribution in [1.29, 1.82) is 0 Å². The fourth-order valence-electron chi connectivity index (χ4n) is 2.98. The molecule has 1 saturated carbocycles. The van der Waals surface area contributed by atoms with Crippen LogP contribution >= 0.6 is 0 Å². The van der Waals surface area contributed by atoms with Gasteiger partial charge < -0.3 is 10.4 Å². The molecular weight excluding hydrogens is 252 g/mol. The Morgan fingerprint density at radius 1 is 1.35 bits per heavy atom. The lowest BCUT2D eigenvalue weighted by Crippen LogP contribution is -2.30. The summed E-state index contributed by atoms with van der Waals surface area (Å²) in [5.74, 6) is -0.909. The number of carbonyl (C=O) groups is 1. The summed E-state index contributed by atoms with van der Waals surface area (Å²) < 4.78 is 0. The molecule has 0 aromatic carbocycles. The number of nitrogens with zero attached hydrogens (tertiary/aromatic N) is 1. The van der Waals surface area contributed by atoms with E-state index in [1.54, 1.807) is 6.92 Å². The molecule has 0 spiro atoms. The SMILES string of the molecule is Cc1cc(NC2CCC(C)(C)CC2)c(C(=O)O)c(C)n1. The maximum Gasteiger partial charge on any atom is 0.339 e. The van der Waals surface area contributed by atoms with Gasteiger partial charge in [-0.1, -0.05) is 13.8 Å². The van der Waals surface area contributed by atoms with Gasteiger partial charge in [0.15, 0.2) is 0 Å². The fraction of sp³-hybridized carbons (Fsp3) is 0.625. The van der Waals surface area contributed by atoms with Gasteiger partial charge in [-0.3, -0.25) is 4.98 Å². The van der Waals surface area contributed by atoms with Crippen LogP contribution in [0.4, 0.5) is 5.69 Å². The summed E-state index contributed by atoms with van der Waals surface area (Å²) in [4.78, 5) is 15.7. The lowest BCUT2D eigenvalue weighted by Gasteiger charge is -2.35. The molecule has 1 aliphatic rings. The van der Waals surface area contributed by atoms with E-state index in [0.717, 1.165) is 18.5 Å². The van der Waals surface area contributed by atoms with Crippen molar-refractivity contribution < 1.29 is 9.90 Å². The van der Waals surface area contributed by atoms with Crippen molar-refractivity contribution in [2.75, 3.05) is 5.32 Å². The molecule has 1 aliphatic carbocycles. The topological polar surface area (TPSA) is 62.2 Å². The predicted octanol–water partition coefficient (Wildman–Crippen LogP) is 3.78. The van der Waals surface area contributed by atoms with Crippen LogP contribution in [0.25, 0.3) is 0 Å². The molecule has 4 nitrogen and oxygen atoms in total. The normalized spacial score (nSPS) is 18.8. The molecule has 0 unspecified atom stereocenters. The molecule has 0 radical (unpaired) electrons. The summed E-state index contributed by atoms with van der Waals surface area (Å²) in [6.45, 7) is 8.25. The maximum absolute atomic E-state index is 11.4. The quantitative estimate of drug-likeness (QED) is 0.882. The van der Waals surface area contributed by atoms with Crippen molar-refractivity contribution in [2.45, 2.75) is 59.4 Å². The van der Waals surface area contributed by atoms with Crippen molar-refractivity contribution in [3.05, 3.63) is 23.0 Å². The Hall–Kier alpha value is -1.58. The zero-order chi connectivity index (χ0) is 14.9. The summed E-state index contributed by atoms with van der Waals surface area (Å²) in [6.07, 6.45) is 4.53. The highest BCUT2D eigenvalue weighted by Gasteiger charge is 2.27. The van der Waals surface area contributed by atoms with E-state index in [-0.39, 0.29) is 0 Å². The number of hydrogen-bond donors (Lipinski definition) is 2. The summed E-state index contributed by atoms with van der Waals surface area (Å²) in [6, 6.07) is 2.21. The average molecular weight is 276 g/mol. The largest absolute Gasteiger partial charge is 0.478 e. The predicted molar refractivity (Wildman–Crippen MR) is 80.3 cm³/mol. The number of carboxylic acids is 1. The minimum Gasteiger partial charge on any atom is -0.478 e. The monoisotopic (exact) mass is 276 g/mol. The van der Waals surface area contributed by atoms with Crippen LogP contribution in [-0.4, -0.2) is 22.1 Å². The Balaban J connectivity index is 2.19. The minimum atomic E-state index is -0.909. The zero-order valence-electron chi connectivity index (χ0n) is 12.8. The number of pyridine rings is 1. The highest BCUT2D eigenvalue weighted by molar-refractivity contribution is 5.95. The van der Waals surface area contributed by atoms with E-state index in [4.69, 9.17) is 0 Å². The maximum atomic E-state index is 11.4. The van der Waals surface area contributed by atoms with E-state index in [9.17, 15) is 9.90 Å². The van der Waals surface area contributed by atoms with Gasteiger partial charge in [0, 0.05) is 11.7 Å². The lowest BCUT2D eigenvalue weighted by atomic mass is 9.75. The van der Waals surface area contributed by atoms with Crippen molar-refractivity contribution >= 4 is 11.7 Å². The van der Waals surface area contributed by atoms with Crippen molar-refractivity contribution in [2.24, 2.45) is 5.41 Å². The second kappa shape index (κ2) is 5.43. The molecule has 1 aromatic heterocycles. The van der Waals surface area contributed by atoms with Gasteiger partial charge in [-0.2, -0.15) is 0 Å². The summed E-state index contributed by atoms with van der Waals surface area (Å²) in [5, 5.41) is 12.8. The summed E-state index contributed by atoms with van der Waals surface area (Å²) >= 11 is 0. The van der Waals surface area contributed by atoms with Crippen LogP contribution in [0.1, 0.15) is 61.3 Å². The summed E-state index contributed by atoms with van der Waals surface area (Å²) in [5.41, 5.74) is 2.87. The average Bonchev–Trinajstić information content (AvgIpc) is 2.30. The van der Waals surface area contributed by atoms with E-state index in [1.807, 2.05) is 13.0 Å². The van der Waals surface area contributed by atoms with Gasteiger partial charge >= 0.3 is 5.97 Å². The molecule has 2 N–H and O–H groups in total. The smallest absolute Gasteiger partial charge is 0.339 e. The third-order valence-electron chi connectivity index (χ3n) is 4.24. The van der Waals surface area contributed by atoms with Gasteiger partial charge in [-0.25, -0.2) is 4.79 Å². The Morgan fingerprint density at radius 2 is 1.95 bits per heavy atom. The Morgan fingerprint density at radius 3 is 2.50 bits per heavy atom. The molecule has 1 heterocycles. The van der Waals surface area contributed by atoms with Crippen LogP contribution < -0.4 is 5.32 Å². The number of aromatic carboxylic acids is 1. The first-order valence-corrected chi connectivity index (χ1v) is 7.26. The highest BCUT2D eigenvalue weighted by Crippen LogP contribution is 2.36. The molecule has 0 saturated heterocycles. The molecule has 110 valence electrons. The Bertz CT molecular complexity index is 513. The van der Waals surface area contributed by atoms with Gasteiger partial charge in [-0.15, -0.1) is 0 Å². The lowest BCUT2D eigenvalue weighted by molar-refractivity contribution is 0.0696. The third kappa shape index (κ3) is 3.30. The molecule has 0 bridgehead atoms. The number of aromatic nitrogens is 1. The first-order valence-electron chi connectivity index (χ1n) is 7.26. The number of hydrogen-bond acceptors (Lipinski definition) is 3. The van der Waals surface area contributed by atoms with Crippen molar-refractivity contribution in [3.8, 4) is 0 Å². The van der Waals surface area contributed by atoms with Gasteiger partial charge in [-0.05, 0) is 51.0 Å². The van der Waals surface area contributed by atoms with Crippen LogP contribution in [-0.2, 0) is 0 Å².